The minimum absolute atomic E-state index is 0.00209. The summed E-state index contributed by atoms with van der Waals surface area (Å²) in [5.41, 5.74) is 0.921. The molecule has 0 aromatic heterocycles. The summed E-state index contributed by atoms with van der Waals surface area (Å²) in [6, 6.07) is 7.45. The van der Waals surface area contributed by atoms with Crippen LogP contribution in [0.15, 0.2) is 28.7 Å². The third-order valence-corrected chi connectivity index (χ3v) is 3.53. The number of ether oxygens (including phenoxy) is 2. The fraction of sp³-hybridized carbons (Fsp3) is 0.571. The highest BCUT2D eigenvalue weighted by Crippen LogP contribution is 2.25. The average molecular weight is 370 g/mol. The molecule has 0 saturated heterocycles. The molecule has 0 aliphatic heterocycles. The van der Waals surface area contributed by atoms with Gasteiger partial charge in [0.15, 0.2) is 0 Å². The summed E-state index contributed by atoms with van der Waals surface area (Å²) < 4.78 is 47.1. The van der Waals surface area contributed by atoms with Crippen LogP contribution >= 0.6 is 15.9 Å². The first-order valence-corrected chi connectivity index (χ1v) is 7.32. The van der Waals surface area contributed by atoms with Gasteiger partial charge in [0.25, 0.3) is 0 Å². The van der Waals surface area contributed by atoms with Gasteiger partial charge in [-0.2, -0.15) is 13.2 Å². The first-order valence-electron chi connectivity index (χ1n) is 6.52. The highest BCUT2D eigenvalue weighted by atomic mass is 79.9. The zero-order valence-corrected chi connectivity index (χ0v) is 13.3. The van der Waals surface area contributed by atoms with Gasteiger partial charge < -0.3 is 14.8 Å². The Bertz CT molecular complexity index is 415. The van der Waals surface area contributed by atoms with Gasteiger partial charge >= 0.3 is 6.18 Å². The van der Waals surface area contributed by atoms with Crippen molar-refractivity contribution in [3.8, 4) is 0 Å². The number of methoxy groups -OCH3 is 1. The van der Waals surface area contributed by atoms with Crippen molar-refractivity contribution in [1.29, 1.82) is 0 Å². The zero-order chi connectivity index (χ0) is 15.7. The van der Waals surface area contributed by atoms with Gasteiger partial charge in [-0.25, -0.2) is 0 Å². The molecule has 1 atom stereocenters. The van der Waals surface area contributed by atoms with Crippen molar-refractivity contribution in [2.45, 2.75) is 12.1 Å². The van der Waals surface area contributed by atoms with Crippen LogP contribution in [0.4, 0.5) is 13.2 Å². The van der Waals surface area contributed by atoms with Crippen molar-refractivity contribution in [1.82, 2.24) is 5.32 Å². The SMILES string of the molecule is COCCNCC(COCC(F)(F)F)c1ccccc1Br. The fourth-order valence-electron chi connectivity index (χ4n) is 1.83. The van der Waals surface area contributed by atoms with Gasteiger partial charge in [0.1, 0.15) is 6.61 Å². The van der Waals surface area contributed by atoms with Crippen molar-refractivity contribution < 1.29 is 22.6 Å². The number of hydrogen-bond donors (Lipinski definition) is 1. The van der Waals surface area contributed by atoms with Crippen LogP contribution in [0.25, 0.3) is 0 Å². The quantitative estimate of drug-likeness (QED) is 0.677. The first kappa shape index (κ1) is 18.4. The fourth-order valence-corrected chi connectivity index (χ4v) is 2.44. The molecule has 0 spiro atoms. The van der Waals surface area contributed by atoms with E-state index in [2.05, 4.69) is 21.2 Å². The molecule has 120 valence electrons. The van der Waals surface area contributed by atoms with Crippen LogP contribution in [-0.4, -0.2) is 46.2 Å². The first-order chi connectivity index (χ1) is 9.94. The van der Waals surface area contributed by atoms with E-state index in [1.807, 2.05) is 24.3 Å². The van der Waals surface area contributed by atoms with Gasteiger partial charge in [-0.3, -0.25) is 0 Å². The number of hydrogen-bond acceptors (Lipinski definition) is 3. The van der Waals surface area contributed by atoms with Gasteiger partial charge in [-0.05, 0) is 11.6 Å². The Morgan fingerprint density at radius 3 is 2.62 bits per heavy atom. The average Bonchev–Trinajstić information content (AvgIpc) is 2.41. The third-order valence-electron chi connectivity index (χ3n) is 2.80. The molecule has 21 heavy (non-hydrogen) atoms. The van der Waals surface area contributed by atoms with Gasteiger partial charge in [0.05, 0.1) is 13.2 Å². The van der Waals surface area contributed by atoms with E-state index in [-0.39, 0.29) is 12.5 Å². The molecular formula is C14H19BrF3NO2. The highest BCUT2D eigenvalue weighted by molar-refractivity contribution is 9.10. The molecule has 1 aromatic carbocycles. The van der Waals surface area contributed by atoms with E-state index in [0.717, 1.165) is 10.0 Å². The summed E-state index contributed by atoms with van der Waals surface area (Å²) in [6.45, 7) is 0.473. The maximum atomic E-state index is 12.2. The second kappa shape index (κ2) is 9.40. The van der Waals surface area contributed by atoms with E-state index >= 15 is 0 Å². The maximum absolute atomic E-state index is 12.2. The van der Waals surface area contributed by atoms with Crippen LogP contribution in [0.1, 0.15) is 11.5 Å². The van der Waals surface area contributed by atoms with E-state index in [4.69, 9.17) is 9.47 Å². The van der Waals surface area contributed by atoms with Crippen LogP contribution in [-0.2, 0) is 9.47 Å². The molecule has 1 aromatic rings. The normalized spacial score (nSPS) is 13.4. The van der Waals surface area contributed by atoms with E-state index in [1.54, 1.807) is 7.11 Å². The van der Waals surface area contributed by atoms with Crippen LogP contribution in [0.5, 0.6) is 0 Å². The van der Waals surface area contributed by atoms with Gasteiger partial charge in [-0.15, -0.1) is 0 Å². The lowest BCUT2D eigenvalue weighted by molar-refractivity contribution is -0.174. The summed E-state index contributed by atoms with van der Waals surface area (Å²) in [6.07, 6.45) is -4.30. The monoisotopic (exact) mass is 369 g/mol. The van der Waals surface area contributed by atoms with Crippen molar-refractivity contribution in [3.63, 3.8) is 0 Å². The molecule has 0 bridgehead atoms. The Hall–Kier alpha value is -0.630. The summed E-state index contributed by atoms with van der Waals surface area (Å²) in [7, 11) is 1.60. The number of nitrogens with one attached hydrogen (secondary N) is 1. The zero-order valence-electron chi connectivity index (χ0n) is 11.8. The Kier molecular flexibility index (Phi) is 8.24. The van der Waals surface area contributed by atoms with Gasteiger partial charge in [0, 0.05) is 30.6 Å². The molecule has 1 N–H and O–H groups in total. The molecule has 3 nitrogen and oxygen atoms in total. The van der Waals surface area contributed by atoms with Crippen molar-refractivity contribution >= 4 is 15.9 Å². The van der Waals surface area contributed by atoms with Crippen LogP contribution in [0, 0.1) is 0 Å². The number of alkyl halides is 3. The number of benzene rings is 1. The molecule has 0 aliphatic carbocycles. The summed E-state index contributed by atoms with van der Waals surface area (Å²) in [5.74, 6) is -0.167. The Balaban J connectivity index is 2.59. The second-order valence-corrected chi connectivity index (χ2v) is 5.40. The molecular weight excluding hydrogens is 351 g/mol. The lowest BCUT2D eigenvalue weighted by Crippen LogP contribution is -2.29. The number of halogens is 4. The summed E-state index contributed by atoms with van der Waals surface area (Å²) in [4.78, 5) is 0. The number of rotatable bonds is 9. The Morgan fingerprint density at radius 2 is 2.00 bits per heavy atom. The molecule has 1 unspecified atom stereocenters. The van der Waals surface area contributed by atoms with Gasteiger partial charge in [0.2, 0.25) is 0 Å². The predicted molar refractivity (Wildman–Crippen MR) is 78.5 cm³/mol. The van der Waals surface area contributed by atoms with E-state index < -0.39 is 12.8 Å². The lowest BCUT2D eigenvalue weighted by atomic mass is 10.00. The van der Waals surface area contributed by atoms with Crippen molar-refractivity contribution in [2.24, 2.45) is 0 Å². The minimum atomic E-state index is -4.30. The molecule has 0 radical (unpaired) electrons. The van der Waals surface area contributed by atoms with Crippen LogP contribution in [0.2, 0.25) is 0 Å². The van der Waals surface area contributed by atoms with Crippen LogP contribution < -0.4 is 5.32 Å². The Labute approximate surface area is 130 Å². The maximum Gasteiger partial charge on any atom is 0.411 e. The second-order valence-electron chi connectivity index (χ2n) is 4.55. The van der Waals surface area contributed by atoms with Crippen molar-refractivity contribution in [2.75, 3.05) is 40.0 Å². The standard InChI is InChI=1S/C14H19BrF3NO2/c1-20-7-6-19-8-11(9-21-10-14(16,17)18)12-4-2-3-5-13(12)15/h2-5,11,19H,6-10H2,1H3. The van der Waals surface area contributed by atoms with E-state index in [9.17, 15) is 13.2 Å². The molecule has 7 heteroatoms. The minimum Gasteiger partial charge on any atom is -0.383 e. The summed E-state index contributed by atoms with van der Waals surface area (Å²) in [5, 5.41) is 3.15. The van der Waals surface area contributed by atoms with Crippen LogP contribution in [0.3, 0.4) is 0 Å². The van der Waals surface area contributed by atoms with Crippen molar-refractivity contribution in [3.05, 3.63) is 34.3 Å². The Morgan fingerprint density at radius 1 is 1.29 bits per heavy atom. The molecule has 0 fully saturated rings. The smallest absolute Gasteiger partial charge is 0.383 e. The molecule has 1 rings (SSSR count). The predicted octanol–water partition coefficient (Wildman–Crippen LogP) is 3.35. The molecule has 0 aliphatic rings. The summed E-state index contributed by atoms with van der Waals surface area (Å²) >= 11 is 3.42. The topological polar surface area (TPSA) is 30.5 Å². The largest absolute Gasteiger partial charge is 0.411 e. The van der Waals surface area contributed by atoms with Gasteiger partial charge in [-0.1, -0.05) is 34.1 Å². The molecule has 0 saturated carbocycles. The highest BCUT2D eigenvalue weighted by Gasteiger charge is 2.28. The molecule has 0 amide bonds. The molecule has 0 heterocycles. The lowest BCUT2D eigenvalue weighted by Gasteiger charge is -2.20. The van der Waals surface area contributed by atoms with E-state index in [0.29, 0.717) is 19.7 Å². The van der Waals surface area contributed by atoms with E-state index in [1.165, 1.54) is 0 Å². The third kappa shape index (κ3) is 7.80.